The first kappa shape index (κ1) is 14.4. The number of hydrogen-bond donors (Lipinski definition) is 2. The number of anilines is 1. The molecule has 0 aliphatic carbocycles. The molecular weight excluding hydrogens is 262 g/mol. The smallest absolute Gasteiger partial charge is 0.253 e. The minimum atomic E-state index is 0.0532. The molecule has 114 valence electrons. The maximum absolute atomic E-state index is 12.6. The van der Waals surface area contributed by atoms with Crippen LogP contribution in [0.15, 0.2) is 24.3 Å². The molecule has 2 bridgehead atoms. The van der Waals surface area contributed by atoms with Gasteiger partial charge in [-0.1, -0.05) is 12.1 Å². The minimum Gasteiger partial charge on any atom is -0.382 e. The van der Waals surface area contributed by atoms with Gasteiger partial charge in [-0.25, -0.2) is 0 Å². The molecule has 1 aromatic rings. The fraction of sp³-hybridized carbons (Fsp3) is 0.588. The number of piperidine rings is 3. The summed E-state index contributed by atoms with van der Waals surface area (Å²) in [6.45, 7) is 7.57. The first-order valence-corrected chi connectivity index (χ1v) is 8.02. The quantitative estimate of drug-likeness (QED) is 0.893. The number of benzene rings is 1. The Bertz CT molecular complexity index is 507. The Morgan fingerprint density at radius 3 is 2.57 bits per heavy atom. The van der Waals surface area contributed by atoms with Gasteiger partial charge in [0, 0.05) is 24.3 Å². The van der Waals surface area contributed by atoms with Crippen LogP contribution in [0, 0.1) is 5.92 Å². The fourth-order valence-corrected chi connectivity index (χ4v) is 3.49. The van der Waals surface area contributed by atoms with Crippen LogP contribution in [0.2, 0.25) is 0 Å². The van der Waals surface area contributed by atoms with Gasteiger partial charge in [0.1, 0.15) is 0 Å². The third-order valence-corrected chi connectivity index (χ3v) is 4.59. The van der Waals surface area contributed by atoms with Crippen molar-refractivity contribution < 1.29 is 4.79 Å². The maximum atomic E-state index is 12.6. The van der Waals surface area contributed by atoms with Crippen molar-refractivity contribution in [3.63, 3.8) is 0 Å². The van der Waals surface area contributed by atoms with Gasteiger partial charge in [0.2, 0.25) is 0 Å². The van der Waals surface area contributed by atoms with Gasteiger partial charge in [-0.05, 0) is 57.8 Å². The topological polar surface area (TPSA) is 44.4 Å². The highest BCUT2D eigenvalue weighted by Gasteiger charge is 2.35. The van der Waals surface area contributed by atoms with Gasteiger partial charge in [0.15, 0.2) is 0 Å². The highest BCUT2D eigenvalue weighted by molar-refractivity contribution is 5.99. The van der Waals surface area contributed by atoms with E-state index in [0.717, 1.165) is 17.8 Å². The van der Waals surface area contributed by atoms with Gasteiger partial charge in [0.25, 0.3) is 5.91 Å². The molecule has 3 aliphatic rings. The Hall–Kier alpha value is -1.55. The van der Waals surface area contributed by atoms with Crippen molar-refractivity contribution in [1.82, 2.24) is 10.2 Å². The highest BCUT2D eigenvalue weighted by Crippen LogP contribution is 2.28. The number of carbonyl (C=O) groups excluding carboxylic acids is 1. The van der Waals surface area contributed by atoms with Crippen LogP contribution in [0.5, 0.6) is 0 Å². The van der Waals surface area contributed by atoms with Crippen molar-refractivity contribution in [3.8, 4) is 0 Å². The Labute approximate surface area is 126 Å². The summed E-state index contributed by atoms with van der Waals surface area (Å²) in [6, 6.07) is 8.40. The molecule has 3 fully saturated rings. The summed E-state index contributed by atoms with van der Waals surface area (Å²) in [5.74, 6) is 0.710. The van der Waals surface area contributed by atoms with Crippen molar-refractivity contribution in [2.75, 3.05) is 25.0 Å². The van der Waals surface area contributed by atoms with Crippen molar-refractivity contribution in [2.45, 2.75) is 38.8 Å². The molecule has 1 aromatic carbocycles. The lowest BCUT2D eigenvalue weighted by Gasteiger charge is -2.45. The summed E-state index contributed by atoms with van der Waals surface area (Å²) < 4.78 is 0. The molecule has 4 nitrogen and oxygen atoms in total. The Kier molecular flexibility index (Phi) is 4.15. The van der Waals surface area contributed by atoms with Gasteiger partial charge in [-0.3, -0.25) is 4.79 Å². The Morgan fingerprint density at radius 1 is 1.24 bits per heavy atom. The average molecular weight is 287 g/mol. The SMILES string of the molecule is CC(C)Nc1ccccc1C(=O)NC1CN2CCC1CC2. The predicted molar refractivity (Wildman–Crippen MR) is 85.6 cm³/mol. The molecule has 1 unspecified atom stereocenters. The van der Waals surface area contributed by atoms with Crippen LogP contribution in [0.1, 0.15) is 37.0 Å². The Morgan fingerprint density at radius 2 is 1.95 bits per heavy atom. The van der Waals surface area contributed by atoms with E-state index < -0.39 is 0 Å². The van der Waals surface area contributed by atoms with E-state index in [-0.39, 0.29) is 5.91 Å². The molecule has 0 radical (unpaired) electrons. The number of hydrogen-bond acceptors (Lipinski definition) is 3. The Balaban J connectivity index is 1.71. The number of rotatable bonds is 4. The van der Waals surface area contributed by atoms with Crippen LogP contribution in [0.3, 0.4) is 0 Å². The first-order chi connectivity index (χ1) is 10.1. The number of para-hydroxylation sites is 1. The maximum Gasteiger partial charge on any atom is 0.253 e. The van der Waals surface area contributed by atoms with E-state index in [9.17, 15) is 4.79 Å². The van der Waals surface area contributed by atoms with E-state index >= 15 is 0 Å². The summed E-state index contributed by atoms with van der Waals surface area (Å²) in [7, 11) is 0. The molecule has 0 saturated carbocycles. The fourth-order valence-electron chi connectivity index (χ4n) is 3.49. The van der Waals surface area contributed by atoms with E-state index in [0.29, 0.717) is 18.0 Å². The third-order valence-electron chi connectivity index (χ3n) is 4.59. The van der Waals surface area contributed by atoms with Crippen molar-refractivity contribution >= 4 is 11.6 Å². The van der Waals surface area contributed by atoms with E-state index in [4.69, 9.17) is 0 Å². The normalized spacial score (nSPS) is 27.7. The number of nitrogens with zero attached hydrogens (tertiary/aromatic N) is 1. The first-order valence-electron chi connectivity index (χ1n) is 8.02. The molecule has 3 aliphatic heterocycles. The predicted octanol–water partition coefficient (Wildman–Crippen LogP) is 2.33. The molecule has 0 aromatic heterocycles. The highest BCUT2D eigenvalue weighted by atomic mass is 16.1. The third kappa shape index (κ3) is 3.21. The second kappa shape index (κ2) is 6.06. The molecule has 0 spiro atoms. The van der Waals surface area contributed by atoms with Crippen LogP contribution in [0.4, 0.5) is 5.69 Å². The van der Waals surface area contributed by atoms with Gasteiger partial charge < -0.3 is 15.5 Å². The largest absolute Gasteiger partial charge is 0.382 e. The zero-order valence-corrected chi connectivity index (χ0v) is 12.9. The van der Waals surface area contributed by atoms with Gasteiger partial charge in [-0.2, -0.15) is 0 Å². The molecule has 21 heavy (non-hydrogen) atoms. The number of carbonyl (C=O) groups is 1. The van der Waals surface area contributed by atoms with Crippen molar-refractivity contribution in [1.29, 1.82) is 0 Å². The molecule has 3 heterocycles. The lowest BCUT2D eigenvalue weighted by atomic mass is 9.84. The van der Waals surface area contributed by atoms with Crippen LogP contribution in [0.25, 0.3) is 0 Å². The summed E-state index contributed by atoms with van der Waals surface area (Å²) in [6.07, 6.45) is 2.44. The van der Waals surface area contributed by atoms with E-state index in [1.807, 2.05) is 24.3 Å². The molecular formula is C17H25N3O. The van der Waals surface area contributed by atoms with E-state index in [1.54, 1.807) is 0 Å². The van der Waals surface area contributed by atoms with Gasteiger partial charge in [0.05, 0.1) is 5.56 Å². The van der Waals surface area contributed by atoms with Gasteiger partial charge >= 0.3 is 0 Å². The second-order valence-electron chi connectivity index (χ2n) is 6.56. The van der Waals surface area contributed by atoms with E-state index in [2.05, 4.69) is 29.4 Å². The van der Waals surface area contributed by atoms with Crippen LogP contribution < -0.4 is 10.6 Å². The molecule has 1 amide bonds. The second-order valence-corrected chi connectivity index (χ2v) is 6.56. The van der Waals surface area contributed by atoms with Crippen molar-refractivity contribution in [3.05, 3.63) is 29.8 Å². The summed E-state index contributed by atoms with van der Waals surface area (Å²) >= 11 is 0. The van der Waals surface area contributed by atoms with Crippen molar-refractivity contribution in [2.24, 2.45) is 5.92 Å². The zero-order chi connectivity index (χ0) is 14.8. The lowest BCUT2D eigenvalue weighted by Crippen LogP contribution is -2.57. The summed E-state index contributed by atoms with van der Waals surface area (Å²) in [5, 5.41) is 6.61. The molecule has 1 atom stereocenters. The summed E-state index contributed by atoms with van der Waals surface area (Å²) in [5.41, 5.74) is 1.67. The standard InChI is InChI=1S/C17H25N3O/c1-12(2)18-15-6-4-3-5-14(15)17(21)19-16-11-20-9-7-13(16)8-10-20/h3-6,12-13,16,18H,7-11H2,1-2H3,(H,19,21). The van der Waals surface area contributed by atoms with Gasteiger partial charge in [-0.15, -0.1) is 0 Å². The van der Waals surface area contributed by atoms with E-state index in [1.165, 1.54) is 25.9 Å². The molecule has 4 rings (SSSR count). The lowest BCUT2D eigenvalue weighted by molar-refractivity contribution is 0.0621. The van der Waals surface area contributed by atoms with Crippen LogP contribution in [-0.2, 0) is 0 Å². The molecule has 4 heteroatoms. The number of amides is 1. The summed E-state index contributed by atoms with van der Waals surface area (Å²) in [4.78, 5) is 15.1. The number of nitrogens with one attached hydrogen (secondary N) is 2. The average Bonchev–Trinajstić information content (AvgIpc) is 2.48. The zero-order valence-electron chi connectivity index (χ0n) is 12.9. The molecule has 2 N–H and O–H groups in total. The molecule has 3 saturated heterocycles. The monoisotopic (exact) mass is 287 g/mol. The van der Waals surface area contributed by atoms with Crippen LogP contribution >= 0.6 is 0 Å². The minimum absolute atomic E-state index is 0.0532. The van der Waals surface area contributed by atoms with Crippen LogP contribution in [-0.4, -0.2) is 42.5 Å². The number of fused-ring (bicyclic) bond motifs is 3.